The van der Waals surface area contributed by atoms with E-state index in [4.69, 9.17) is 16.6 Å². The summed E-state index contributed by atoms with van der Waals surface area (Å²) in [6.45, 7) is 4.23. The summed E-state index contributed by atoms with van der Waals surface area (Å²) >= 11 is 6.35. The van der Waals surface area contributed by atoms with E-state index < -0.39 is 0 Å². The number of hydrogen-bond donors (Lipinski definition) is 2. The van der Waals surface area contributed by atoms with Gasteiger partial charge in [-0.25, -0.2) is 9.98 Å². The largest absolute Gasteiger partial charge is 0.354 e. The van der Waals surface area contributed by atoms with E-state index in [1.165, 1.54) is 32.1 Å². The van der Waals surface area contributed by atoms with Crippen LogP contribution in [-0.2, 0) is 13.6 Å². The van der Waals surface area contributed by atoms with Crippen LogP contribution in [0.1, 0.15) is 50.2 Å². The van der Waals surface area contributed by atoms with Crippen molar-refractivity contribution in [1.82, 2.24) is 30.4 Å². The lowest BCUT2D eigenvalue weighted by Crippen LogP contribution is -2.48. The number of pyridine rings is 1. The lowest BCUT2D eigenvalue weighted by atomic mass is 9.96. The van der Waals surface area contributed by atoms with Crippen molar-refractivity contribution in [3.05, 3.63) is 35.0 Å². The molecule has 0 spiro atoms. The summed E-state index contributed by atoms with van der Waals surface area (Å²) in [7, 11) is 1.98. The van der Waals surface area contributed by atoms with Gasteiger partial charge in [-0.2, -0.15) is 0 Å². The Morgan fingerprint density at radius 1 is 1.17 bits per heavy atom. The van der Waals surface area contributed by atoms with Crippen LogP contribution in [0.25, 0.3) is 0 Å². The van der Waals surface area contributed by atoms with Gasteiger partial charge in [0, 0.05) is 38.4 Å². The standard InChI is InChI=1S/C21H31ClN8/c1-15-27-28-19(29(15)2)13-24-21(25-16-7-4-3-5-8-16)26-17-10-12-30(14-17)20-18(22)9-6-11-23-20/h6,9,11,16-17H,3-5,7-8,10,12-14H2,1-2H3,(H2,24,25,26). The number of hydrogen-bond acceptors (Lipinski definition) is 5. The number of halogens is 1. The van der Waals surface area contributed by atoms with Gasteiger partial charge in [0.2, 0.25) is 0 Å². The minimum Gasteiger partial charge on any atom is -0.354 e. The van der Waals surface area contributed by atoms with Crippen molar-refractivity contribution >= 4 is 23.4 Å². The minimum atomic E-state index is 0.291. The van der Waals surface area contributed by atoms with Crippen LogP contribution in [0.5, 0.6) is 0 Å². The topological polar surface area (TPSA) is 83.3 Å². The first kappa shape index (κ1) is 20.9. The number of nitrogens with zero attached hydrogens (tertiary/aromatic N) is 6. The number of guanidine groups is 1. The van der Waals surface area contributed by atoms with Crippen LogP contribution < -0.4 is 15.5 Å². The third-order valence-electron chi connectivity index (χ3n) is 6.08. The average molecular weight is 431 g/mol. The first-order valence-corrected chi connectivity index (χ1v) is 11.3. The van der Waals surface area contributed by atoms with Gasteiger partial charge in [0.25, 0.3) is 0 Å². The van der Waals surface area contributed by atoms with Gasteiger partial charge in [0.05, 0.1) is 5.02 Å². The van der Waals surface area contributed by atoms with Crippen molar-refractivity contribution in [2.75, 3.05) is 18.0 Å². The maximum absolute atomic E-state index is 6.35. The molecule has 30 heavy (non-hydrogen) atoms. The van der Waals surface area contributed by atoms with Gasteiger partial charge in [-0.3, -0.25) is 0 Å². The molecule has 1 saturated heterocycles. The van der Waals surface area contributed by atoms with Gasteiger partial charge in [-0.15, -0.1) is 10.2 Å². The van der Waals surface area contributed by atoms with Crippen LogP contribution in [0, 0.1) is 6.92 Å². The zero-order chi connectivity index (χ0) is 20.9. The van der Waals surface area contributed by atoms with Gasteiger partial charge in [0.15, 0.2) is 11.8 Å². The Bertz CT molecular complexity index is 874. The van der Waals surface area contributed by atoms with Crippen LogP contribution in [0.3, 0.4) is 0 Å². The van der Waals surface area contributed by atoms with E-state index >= 15 is 0 Å². The van der Waals surface area contributed by atoms with Gasteiger partial charge in [0.1, 0.15) is 18.2 Å². The fourth-order valence-electron chi connectivity index (χ4n) is 4.19. The lowest BCUT2D eigenvalue weighted by Gasteiger charge is -2.26. The number of aryl methyl sites for hydroxylation is 1. The molecule has 0 bridgehead atoms. The molecule has 1 atom stereocenters. The highest BCUT2D eigenvalue weighted by Gasteiger charge is 2.26. The lowest BCUT2D eigenvalue weighted by molar-refractivity contribution is 0.408. The number of nitrogens with one attached hydrogen (secondary N) is 2. The van der Waals surface area contributed by atoms with E-state index in [9.17, 15) is 0 Å². The van der Waals surface area contributed by atoms with Crippen molar-refractivity contribution < 1.29 is 0 Å². The SMILES string of the molecule is Cc1nnc(CN=C(NC2CCCCC2)NC2CCN(c3ncccc3Cl)C2)n1C. The van der Waals surface area contributed by atoms with E-state index in [1.54, 1.807) is 6.20 Å². The molecule has 3 heterocycles. The summed E-state index contributed by atoms with van der Waals surface area (Å²) in [6, 6.07) is 4.53. The predicted molar refractivity (Wildman–Crippen MR) is 120 cm³/mol. The van der Waals surface area contributed by atoms with E-state index in [0.717, 1.165) is 42.9 Å². The van der Waals surface area contributed by atoms with Gasteiger partial charge in [-0.1, -0.05) is 30.9 Å². The highest BCUT2D eigenvalue weighted by Crippen LogP contribution is 2.26. The van der Waals surface area contributed by atoms with Gasteiger partial charge < -0.3 is 20.1 Å². The Kier molecular flexibility index (Phi) is 6.72. The summed E-state index contributed by atoms with van der Waals surface area (Å²) in [5.74, 6) is 3.48. The number of rotatable bonds is 5. The van der Waals surface area contributed by atoms with Crippen molar-refractivity contribution in [3.63, 3.8) is 0 Å². The second-order valence-electron chi connectivity index (χ2n) is 8.25. The molecule has 1 unspecified atom stereocenters. The number of anilines is 1. The van der Waals surface area contributed by atoms with E-state index in [-0.39, 0.29) is 0 Å². The average Bonchev–Trinajstić information content (AvgIpc) is 3.34. The third kappa shape index (κ3) is 5.03. The van der Waals surface area contributed by atoms with E-state index in [0.29, 0.717) is 23.7 Å². The van der Waals surface area contributed by atoms with Crippen LogP contribution >= 0.6 is 11.6 Å². The maximum Gasteiger partial charge on any atom is 0.192 e. The quantitative estimate of drug-likeness (QED) is 0.560. The monoisotopic (exact) mass is 430 g/mol. The first-order chi connectivity index (χ1) is 14.6. The summed E-state index contributed by atoms with van der Waals surface area (Å²) < 4.78 is 1.99. The van der Waals surface area contributed by atoms with Crippen molar-refractivity contribution in [2.24, 2.45) is 12.0 Å². The molecule has 1 saturated carbocycles. The molecule has 9 heteroatoms. The fourth-order valence-corrected chi connectivity index (χ4v) is 4.43. The molecule has 4 rings (SSSR count). The molecule has 2 aromatic rings. The van der Waals surface area contributed by atoms with Crippen molar-refractivity contribution in [1.29, 1.82) is 0 Å². The van der Waals surface area contributed by atoms with Crippen molar-refractivity contribution in [3.8, 4) is 0 Å². The molecule has 2 fully saturated rings. The Hall–Kier alpha value is -2.35. The summed E-state index contributed by atoms with van der Waals surface area (Å²) in [4.78, 5) is 11.6. The molecule has 8 nitrogen and oxygen atoms in total. The van der Waals surface area contributed by atoms with E-state index in [1.807, 2.05) is 30.7 Å². The molecule has 162 valence electrons. The molecule has 1 aliphatic carbocycles. The maximum atomic E-state index is 6.35. The third-order valence-corrected chi connectivity index (χ3v) is 6.37. The second-order valence-corrected chi connectivity index (χ2v) is 8.66. The Morgan fingerprint density at radius 3 is 2.70 bits per heavy atom. The molecule has 0 radical (unpaired) electrons. The number of aliphatic imine (C=N–C) groups is 1. The Balaban J connectivity index is 1.43. The smallest absolute Gasteiger partial charge is 0.192 e. The molecular formula is C21H31ClN8. The minimum absolute atomic E-state index is 0.291. The Labute approximate surface area is 183 Å². The zero-order valence-corrected chi connectivity index (χ0v) is 18.6. The summed E-state index contributed by atoms with van der Waals surface area (Å²) in [6.07, 6.45) is 9.10. The highest BCUT2D eigenvalue weighted by atomic mass is 35.5. The second kappa shape index (κ2) is 9.64. The summed E-state index contributed by atoms with van der Waals surface area (Å²) in [5.41, 5.74) is 0. The zero-order valence-electron chi connectivity index (χ0n) is 17.8. The molecule has 1 aliphatic heterocycles. The van der Waals surface area contributed by atoms with E-state index in [2.05, 4.69) is 30.7 Å². The molecule has 0 amide bonds. The van der Waals surface area contributed by atoms with Crippen LogP contribution in [0.4, 0.5) is 5.82 Å². The van der Waals surface area contributed by atoms with Crippen molar-refractivity contribution in [2.45, 2.75) is 64.1 Å². The predicted octanol–water partition coefficient (Wildman–Crippen LogP) is 2.82. The molecule has 2 aromatic heterocycles. The normalized spacial score (nSPS) is 20.6. The number of aromatic nitrogens is 4. The van der Waals surface area contributed by atoms with Crippen LogP contribution in [0.2, 0.25) is 5.02 Å². The van der Waals surface area contributed by atoms with Gasteiger partial charge in [-0.05, 0) is 38.3 Å². The molecule has 0 aromatic carbocycles. The molecule has 2 aliphatic rings. The molecule has 2 N–H and O–H groups in total. The van der Waals surface area contributed by atoms with Crippen LogP contribution in [0.15, 0.2) is 23.3 Å². The van der Waals surface area contributed by atoms with Crippen LogP contribution in [-0.4, -0.2) is 50.9 Å². The first-order valence-electron chi connectivity index (χ1n) is 10.9. The molecular weight excluding hydrogens is 400 g/mol. The Morgan fingerprint density at radius 2 is 1.97 bits per heavy atom. The highest BCUT2D eigenvalue weighted by molar-refractivity contribution is 6.32. The summed E-state index contributed by atoms with van der Waals surface area (Å²) in [5, 5.41) is 16.4. The van der Waals surface area contributed by atoms with Gasteiger partial charge >= 0.3 is 0 Å². The fraction of sp³-hybridized carbons (Fsp3) is 0.619.